The largest absolute Gasteiger partial charge is 0.247 e. The number of fused-ring (bicyclic) bond motifs is 7. The summed E-state index contributed by atoms with van der Waals surface area (Å²) in [5.74, 6) is 0. The summed E-state index contributed by atoms with van der Waals surface area (Å²) < 4.78 is 1.21. The van der Waals surface area contributed by atoms with Crippen molar-refractivity contribution in [3.63, 3.8) is 0 Å². The van der Waals surface area contributed by atoms with Crippen LogP contribution in [0.15, 0.2) is 194 Å². The maximum absolute atomic E-state index is 5.37. The minimum atomic E-state index is -0.461. The summed E-state index contributed by atoms with van der Waals surface area (Å²) in [4.78, 5) is 10.2. The standard InChI is InChI=1S/C51H32N2S/c1-3-13-37(14-4-1)51(38-15-5-2-6-16-38)44-19-9-7-17-39(44)42-31-43-41(32-45(42)51)40-18-8-10-20-46(40)52-49(43)35-27-23-33(24-28-35)34-25-29-36(30-26-34)50-53-47-21-11-12-22-48(47)54-50/h1-32H. The first-order chi connectivity index (χ1) is 26.8. The second-order valence-electron chi connectivity index (χ2n) is 14.1. The molecular weight excluding hydrogens is 673 g/mol. The molecule has 54 heavy (non-hydrogen) atoms. The summed E-state index contributed by atoms with van der Waals surface area (Å²) in [5.41, 5.74) is 14.8. The van der Waals surface area contributed by atoms with Crippen LogP contribution in [-0.2, 0) is 5.41 Å². The number of rotatable bonds is 5. The van der Waals surface area contributed by atoms with Crippen molar-refractivity contribution >= 4 is 43.2 Å². The van der Waals surface area contributed by atoms with E-state index in [1.807, 2.05) is 6.07 Å². The van der Waals surface area contributed by atoms with Crippen molar-refractivity contribution in [1.82, 2.24) is 9.97 Å². The van der Waals surface area contributed by atoms with Gasteiger partial charge in [-0.1, -0.05) is 164 Å². The summed E-state index contributed by atoms with van der Waals surface area (Å²) in [6.45, 7) is 0. The number of pyridine rings is 1. The zero-order chi connectivity index (χ0) is 35.6. The van der Waals surface area contributed by atoms with E-state index in [0.29, 0.717) is 0 Å². The van der Waals surface area contributed by atoms with Gasteiger partial charge >= 0.3 is 0 Å². The van der Waals surface area contributed by atoms with Gasteiger partial charge in [0.2, 0.25) is 0 Å². The fourth-order valence-corrected chi connectivity index (χ4v) is 9.70. The van der Waals surface area contributed by atoms with Crippen LogP contribution in [0.1, 0.15) is 22.3 Å². The maximum atomic E-state index is 5.37. The Morgan fingerprint density at radius 2 is 0.944 bits per heavy atom. The highest BCUT2D eigenvalue weighted by atomic mass is 32.1. The van der Waals surface area contributed by atoms with Crippen molar-refractivity contribution in [3.05, 3.63) is 216 Å². The summed E-state index contributed by atoms with van der Waals surface area (Å²) in [7, 11) is 0. The van der Waals surface area contributed by atoms with Gasteiger partial charge in [0.1, 0.15) is 5.01 Å². The predicted molar refractivity (Wildman–Crippen MR) is 226 cm³/mol. The third-order valence-corrected chi connectivity index (χ3v) is 12.3. The molecule has 0 amide bonds. The monoisotopic (exact) mass is 704 g/mol. The SMILES string of the molecule is c1ccc(C2(c3ccccc3)c3ccccc3-c3cc4c(-c5ccc(-c6ccc(-c7nc8ccccc8s7)cc6)cc5)nc5ccccc5c4cc32)cc1. The molecule has 11 rings (SSSR count). The van der Waals surface area contributed by atoms with Crippen LogP contribution in [0.25, 0.3) is 76.0 Å². The molecule has 2 nitrogen and oxygen atoms in total. The molecule has 0 N–H and O–H groups in total. The van der Waals surface area contributed by atoms with E-state index < -0.39 is 5.41 Å². The summed E-state index contributed by atoms with van der Waals surface area (Å²) >= 11 is 1.74. The minimum absolute atomic E-state index is 0.461. The van der Waals surface area contributed by atoms with Gasteiger partial charge in [0.25, 0.3) is 0 Å². The summed E-state index contributed by atoms with van der Waals surface area (Å²) in [6, 6.07) is 70.5. The molecule has 252 valence electrons. The van der Waals surface area contributed by atoms with Gasteiger partial charge in [-0.25, -0.2) is 9.97 Å². The molecule has 10 aromatic rings. The van der Waals surface area contributed by atoms with Crippen molar-refractivity contribution in [1.29, 1.82) is 0 Å². The quantitative estimate of drug-likeness (QED) is 0.167. The summed E-state index contributed by atoms with van der Waals surface area (Å²) in [6.07, 6.45) is 0. The molecule has 0 aliphatic heterocycles. The molecule has 2 aromatic heterocycles. The second kappa shape index (κ2) is 12.2. The topological polar surface area (TPSA) is 25.8 Å². The van der Waals surface area contributed by atoms with E-state index in [0.717, 1.165) is 43.6 Å². The maximum Gasteiger partial charge on any atom is 0.124 e. The van der Waals surface area contributed by atoms with Gasteiger partial charge in [-0.3, -0.25) is 0 Å². The van der Waals surface area contributed by atoms with E-state index in [4.69, 9.17) is 9.97 Å². The van der Waals surface area contributed by atoms with Gasteiger partial charge < -0.3 is 0 Å². The van der Waals surface area contributed by atoms with Crippen molar-refractivity contribution in [2.75, 3.05) is 0 Å². The normalized spacial score (nSPS) is 13.0. The Balaban J connectivity index is 1.07. The lowest BCUT2D eigenvalue weighted by atomic mass is 9.67. The molecular formula is C51H32N2S. The number of hydrogen-bond acceptors (Lipinski definition) is 3. The van der Waals surface area contributed by atoms with E-state index in [1.54, 1.807) is 11.3 Å². The Kier molecular flexibility index (Phi) is 6.98. The molecule has 0 saturated heterocycles. The molecule has 2 heterocycles. The van der Waals surface area contributed by atoms with E-state index in [9.17, 15) is 0 Å². The van der Waals surface area contributed by atoms with E-state index in [-0.39, 0.29) is 0 Å². The molecule has 3 heteroatoms. The zero-order valence-corrected chi connectivity index (χ0v) is 30.1. The highest BCUT2D eigenvalue weighted by Gasteiger charge is 2.46. The van der Waals surface area contributed by atoms with Crippen molar-refractivity contribution < 1.29 is 0 Å². The smallest absolute Gasteiger partial charge is 0.124 e. The molecule has 0 saturated carbocycles. The van der Waals surface area contributed by atoms with Gasteiger partial charge in [0.05, 0.1) is 26.8 Å². The van der Waals surface area contributed by atoms with Crippen LogP contribution in [-0.4, -0.2) is 9.97 Å². The zero-order valence-electron chi connectivity index (χ0n) is 29.3. The van der Waals surface area contributed by atoms with E-state index in [1.165, 1.54) is 54.6 Å². The minimum Gasteiger partial charge on any atom is -0.247 e. The molecule has 1 aliphatic rings. The number of para-hydroxylation sites is 2. The molecule has 0 unspecified atom stereocenters. The fourth-order valence-electron chi connectivity index (χ4n) is 8.73. The lowest BCUT2D eigenvalue weighted by Gasteiger charge is -2.34. The third kappa shape index (κ3) is 4.65. The van der Waals surface area contributed by atoms with E-state index in [2.05, 4.69) is 188 Å². The summed E-state index contributed by atoms with van der Waals surface area (Å²) in [5, 5.41) is 4.58. The van der Waals surface area contributed by atoms with E-state index >= 15 is 0 Å². The van der Waals surface area contributed by atoms with Crippen LogP contribution in [0, 0.1) is 0 Å². The van der Waals surface area contributed by atoms with Crippen LogP contribution in [0.4, 0.5) is 0 Å². The van der Waals surface area contributed by atoms with Crippen LogP contribution >= 0.6 is 11.3 Å². The number of nitrogens with zero attached hydrogens (tertiary/aromatic N) is 2. The fraction of sp³-hybridized carbons (Fsp3) is 0.0196. The average Bonchev–Trinajstić information content (AvgIpc) is 3.81. The molecule has 0 atom stereocenters. The first-order valence-electron chi connectivity index (χ1n) is 18.4. The third-order valence-electron chi connectivity index (χ3n) is 11.2. The van der Waals surface area contributed by atoms with Crippen molar-refractivity contribution in [2.24, 2.45) is 0 Å². The highest BCUT2D eigenvalue weighted by Crippen LogP contribution is 2.57. The van der Waals surface area contributed by atoms with Gasteiger partial charge in [-0.15, -0.1) is 11.3 Å². The second-order valence-corrected chi connectivity index (χ2v) is 15.1. The number of thiazole rings is 1. The molecule has 8 aromatic carbocycles. The van der Waals surface area contributed by atoms with Gasteiger partial charge in [-0.05, 0) is 80.2 Å². The molecule has 1 aliphatic carbocycles. The lowest BCUT2D eigenvalue weighted by Crippen LogP contribution is -2.28. The Hall–Kier alpha value is -6.68. The van der Waals surface area contributed by atoms with Crippen LogP contribution in [0.3, 0.4) is 0 Å². The highest BCUT2D eigenvalue weighted by molar-refractivity contribution is 7.21. The molecule has 0 spiro atoms. The van der Waals surface area contributed by atoms with Gasteiger partial charge in [0, 0.05) is 21.9 Å². The lowest BCUT2D eigenvalue weighted by molar-refractivity contribution is 0.769. The number of hydrogen-bond donors (Lipinski definition) is 0. The Morgan fingerprint density at radius 3 is 1.65 bits per heavy atom. The predicted octanol–water partition coefficient (Wildman–Crippen LogP) is 13.4. The Labute approximate surface area is 317 Å². The average molecular weight is 705 g/mol. The molecule has 0 fully saturated rings. The van der Waals surface area contributed by atoms with Crippen LogP contribution < -0.4 is 0 Å². The molecule has 0 bridgehead atoms. The Morgan fingerprint density at radius 1 is 0.370 bits per heavy atom. The van der Waals surface area contributed by atoms with Crippen molar-refractivity contribution in [3.8, 4) is 44.1 Å². The van der Waals surface area contributed by atoms with Gasteiger partial charge in [-0.2, -0.15) is 0 Å². The first kappa shape index (κ1) is 30.9. The number of benzene rings is 8. The van der Waals surface area contributed by atoms with Crippen LogP contribution in [0.2, 0.25) is 0 Å². The number of aromatic nitrogens is 2. The molecule has 0 radical (unpaired) electrons. The van der Waals surface area contributed by atoms with Gasteiger partial charge in [0.15, 0.2) is 0 Å². The first-order valence-corrected chi connectivity index (χ1v) is 19.2. The van der Waals surface area contributed by atoms with Crippen LogP contribution in [0.5, 0.6) is 0 Å². The van der Waals surface area contributed by atoms with Crippen molar-refractivity contribution in [2.45, 2.75) is 5.41 Å². The Bertz CT molecular complexity index is 2950.